The van der Waals surface area contributed by atoms with Crippen LogP contribution in [0.2, 0.25) is 0 Å². The van der Waals surface area contributed by atoms with E-state index in [1.807, 2.05) is 37.3 Å². The van der Waals surface area contributed by atoms with Crippen molar-refractivity contribution in [1.82, 2.24) is 0 Å². The van der Waals surface area contributed by atoms with Gasteiger partial charge in [0.25, 0.3) is 0 Å². The maximum absolute atomic E-state index is 6.59. The second-order valence-electron chi connectivity index (χ2n) is 7.23. The van der Waals surface area contributed by atoms with Crippen LogP contribution < -0.4 is 5.73 Å². The Balaban J connectivity index is 1.92. The zero-order chi connectivity index (χ0) is 20.2. The first-order valence-electron chi connectivity index (χ1n) is 9.79. The van der Waals surface area contributed by atoms with Gasteiger partial charge < -0.3 is 5.73 Å². The van der Waals surface area contributed by atoms with Crippen LogP contribution in [0.15, 0.2) is 108 Å². The highest BCUT2D eigenvalue weighted by Gasteiger charge is 2.12. The van der Waals surface area contributed by atoms with Gasteiger partial charge in [-0.05, 0) is 36.4 Å². The maximum atomic E-state index is 6.59. The lowest BCUT2D eigenvalue weighted by Crippen LogP contribution is -2.10. The summed E-state index contributed by atoms with van der Waals surface area (Å²) in [7, 11) is 0. The fourth-order valence-electron chi connectivity index (χ4n) is 3.46. The molecule has 0 unspecified atom stereocenters. The number of rotatable bonds is 4. The lowest BCUT2D eigenvalue weighted by Gasteiger charge is -2.13. The summed E-state index contributed by atoms with van der Waals surface area (Å²) in [6.45, 7) is 4.13. The molecule has 0 amide bonds. The van der Waals surface area contributed by atoms with E-state index in [0.29, 0.717) is 0 Å². The molecular weight excluding hydrogens is 352 g/mol. The summed E-state index contributed by atoms with van der Waals surface area (Å²) in [6, 6.07) is 33.1. The number of nitrogens with zero attached hydrogens (tertiary/aromatic N) is 1. The summed E-state index contributed by atoms with van der Waals surface area (Å²) in [5.74, 6) is 0. The fraction of sp³-hybridized carbons (Fsp3) is 0.0741. The van der Waals surface area contributed by atoms with E-state index in [1.165, 1.54) is 10.9 Å². The molecule has 2 nitrogen and oxygen atoms in total. The van der Waals surface area contributed by atoms with E-state index in [0.717, 1.165) is 39.2 Å². The highest BCUT2D eigenvalue weighted by atomic mass is 14.8. The maximum Gasteiger partial charge on any atom is 0.0759 e. The average molecular weight is 377 g/mol. The lowest BCUT2D eigenvalue weighted by atomic mass is 9.98. The van der Waals surface area contributed by atoms with Crippen molar-refractivity contribution in [2.24, 2.45) is 10.7 Å². The van der Waals surface area contributed by atoms with Crippen LogP contribution in [0.4, 0.5) is 5.69 Å². The smallest absolute Gasteiger partial charge is 0.0759 e. The van der Waals surface area contributed by atoms with Crippen LogP contribution >= 0.6 is 0 Å². The van der Waals surface area contributed by atoms with Crippen LogP contribution in [0.25, 0.3) is 16.5 Å². The number of aryl methyl sites for hydroxylation is 1. The molecule has 0 aromatic heterocycles. The van der Waals surface area contributed by atoms with Crippen LogP contribution in [-0.4, -0.2) is 5.71 Å². The summed E-state index contributed by atoms with van der Waals surface area (Å²) in [5.41, 5.74) is 13.4. The van der Waals surface area contributed by atoms with Crippen molar-refractivity contribution in [3.63, 3.8) is 0 Å². The number of fused-ring (bicyclic) bond motifs is 1. The third-order valence-corrected chi connectivity index (χ3v) is 5.17. The van der Waals surface area contributed by atoms with Gasteiger partial charge in [0.2, 0.25) is 0 Å². The second-order valence-corrected chi connectivity index (χ2v) is 7.23. The molecule has 4 aromatic carbocycles. The highest BCUT2D eigenvalue weighted by Crippen LogP contribution is 2.28. The molecule has 142 valence electrons. The number of hydrogen-bond donors (Lipinski definition) is 1. The van der Waals surface area contributed by atoms with Gasteiger partial charge >= 0.3 is 0 Å². The van der Waals surface area contributed by atoms with Gasteiger partial charge in [0.05, 0.1) is 11.4 Å². The third-order valence-electron chi connectivity index (χ3n) is 5.17. The van der Waals surface area contributed by atoms with Crippen molar-refractivity contribution in [3.8, 4) is 0 Å². The van der Waals surface area contributed by atoms with Crippen LogP contribution in [-0.2, 0) is 0 Å². The number of benzene rings is 4. The standard InChI is InChI=1S/C27H24N2/c1-19-15-17-22(18-16-19)26(28)20(2)27(23-10-4-3-5-11-23)29-25-14-8-12-21-9-6-7-13-24(21)25/h3-18H,28H2,1-2H3/b26-20-,29-27?. The van der Waals surface area contributed by atoms with Crippen molar-refractivity contribution in [1.29, 1.82) is 0 Å². The Bertz CT molecular complexity index is 1190. The number of allylic oxidation sites excluding steroid dienone is 1. The van der Waals surface area contributed by atoms with Gasteiger partial charge in [0.1, 0.15) is 0 Å². The summed E-state index contributed by atoms with van der Waals surface area (Å²) in [5, 5.41) is 2.31. The molecule has 0 aliphatic heterocycles. The molecule has 0 aliphatic rings. The molecule has 0 fully saturated rings. The number of hydrogen-bond acceptors (Lipinski definition) is 2. The van der Waals surface area contributed by atoms with Crippen LogP contribution in [0.3, 0.4) is 0 Å². The largest absolute Gasteiger partial charge is 0.398 e. The predicted molar refractivity (Wildman–Crippen MR) is 125 cm³/mol. The van der Waals surface area contributed by atoms with E-state index < -0.39 is 0 Å². The normalized spacial score (nSPS) is 12.7. The van der Waals surface area contributed by atoms with Crippen molar-refractivity contribution in [2.75, 3.05) is 0 Å². The van der Waals surface area contributed by atoms with Crippen molar-refractivity contribution < 1.29 is 0 Å². The Morgan fingerprint density at radius 2 is 1.34 bits per heavy atom. The highest BCUT2D eigenvalue weighted by molar-refractivity contribution is 6.17. The van der Waals surface area contributed by atoms with Crippen molar-refractivity contribution >= 4 is 27.9 Å². The summed E-state index contributed by atoms with van der Waals surface area (Å²) >= 11 is 0. The predicted octanol–water partition coefficient (Wildman–Crippen LogP) is 6.66. The summed E-state index contributed by atoms with van der Waals surface area (Å²) in [6.07, 6.45) is 0. The van der Waals surface area contributed by atoms with Gasteiger partial charge in [-0.25, -0.2) is 4.99 Å². The molecule has 0 bridgehead atoms. The first kappa shape index (κ1) is 18.7. The van der Waals surface area contributed by atoms with E-state index in [4.69, 9.17) is 10.7 Å². The average Bonchev–Trinajstić information content (AvgIpc) is 2.77. The van der Waals surface area contributed by atoms with E-state index in [2.05, 4.69) is 73.7 Å². The minimum Gasteiger partial charge on any atom is -0.398 e. The van der Waals surface area contributed by atoms with Gasteiger partial charge in [-0.1, -0.05) is 96.6 Å². The van der Waals surface area contributed by atoms with E-state index in [9.17, 15) is 0 Å². The van der Waals surface area contributed by atoms with Gasteiger partial charge in [0, 0.05) is 16.6 Å². The summed E-state index contributed by atoms with van der Waals surface area (Å²) in [4.78, 5) is 5.10. The van der Waals surface area contributed by atoms with E-state index >= 15 is 0 Å². The molecule has 0 aliphatic carbocycles. The minimum absolute atomic E-state index is 0.743. The van der Waals surface area contributed by atoms with E-state index in [1.54, 1.807) is 0 Å². The van der Waals surface area contributed by atoms with Crippen LogP contribution in [0.5, 0.6) is 0 Å². The van der Waals surface area contributed by atoms with Gasteiger partial charge in [0.15, 0.2) is 0 Å². The Labute approximate surface area is 172 Å². The molecule has 0 atom stereocenters. The monoisotopic (exact) mass is 376 g/mol. The SMILES string of the molecule is C/C(C(=Nc1cccc2ccccc12)c1ccccc1)=C(/N)c1ccc(C)cc1. The molecule has 0 heterocycles. The second kappa shape index (κ2) is 8.15. The first-order chi connectivity index (χ1) is 14.1. The zero-order valence-electron chi connectivity index (χ0n) is 16.8. The third kappa shape index (κ3) is 3.97. The van der Waals surface area contributed by atoms with Gasteiger partial charge in [-0.15, -0.1) is 0 Å². The van der Waals surface area contributed by atoms with Crippen LogP contribution in [0.1, 0.15) is 23.6 Å². The topological polar surface area (TPSA) is 38.4 Å². The molecule has 4 rings (SSSR count). The Morgan fingerprint density at radius 1 is 0.690 bits per heavy atom. The Hall–Kier alpha value is -3.65. The molecule has 0 spiro atoms. The first-order valence-corrected chi connectivity index (χ1v) is 9.79. The van der Waals surface area contributed by atoms with Gasteiger partial charge in [-0.3, -0.25) is 0 Å². The summed E-state index contributed by atoms with van der Waals surface area (Å²) < 4.78 is 0. The number of nitrogens with two attached hydrogens (primary N) is 1. The van der Waals surface area contributed by atoms with Crippen molar-refractivity contribution in [2.45, 2.75) is 13.8 Å². The van der Waals surface area contributed by atoms with Gasteiger partial charge in [-0.2, -0.15) is 0 Å². The fourth-order valence-corrected chi connectivity index (χ4v) is 3.46. The molecule has 0 saturated heterocycles. The lowest BCUT2D eigenvalue weighted by molar-refractivity contribution is 1.39. The van der Waals surface area contributed by atoms with E-state index in [-0.39, 0.29) is 0 Å². The van der Waals surface area contributed by atoms with Crippen molar-refractivity contribution in [3.05, 3.63) is 119 Å². The molecule has 0 radical (unpaired) electrons. The zero-order valence-corrected chi connectivity index (χ0v) is 16.8. The molecule has 2 N–H and O–H groups in total. The quantitative estimate of drug-likeness (QED) is 0.397. The minimum atomic E-state index is 0.743. The Kier molecular flexibility index (Phi) is 5.26. The molecule has 29 heavy (non-hydrogen) atoms. The molecule has 4 aromatic rings. The van der Waals surface area contributed by atoms with Crippen LogP contribution in [0, 0.1) is 6.92 Å². The Morgan fingerprint density at radius 3 is 2.10 bits per heavy atom. The molecule has 0 saturated carbocycles. The molecule has 2 heteroatoms. The molecular formula is C27H24N2. The number of aliphatic imine (C=N–C) groups is 1.